The van der Waals surface area contributed by atoms with Crippen LogP contribution in [-0.4, -0.2) is 28.3 Å². The smallest absolute Gasteiger partial charge is 0.0920 e. The van der Waals surface area contributed by atoms with E-state index in [0.717, 1.165) is 36.3 Å². The van der Waals surface area contributed by atoms with Crippen LogP contribution in [0.4, 0.5) is 0 Å². The molecule has 6 atom stereocenters. The summed E-state index contributed by atoms with van der Waals surface area (Å²) in [4.78, 5) is 8.89. The van der Waals surface area contributed by atoms with Gasteiger partial charge in [-0.1, -0.05) is 89.3 Å². The van der Waals surface area contributed by atoms with E-state index >= 15 is 0 Å². The van der Waals surface area contributed by atoms with Crippen LogP contribution in [0.25, 0.3) is 22.5 Å². The molecule has 0 bridgehead atoms. The largest absolute Gasteiger partial charge is 0.533 e. The predicted molar refractivity (Wildman–Crippen MR) is 199 cm³/mol. The average Bonchev–Trinajstić information content (AvgIpc) is 3.72. The number of aromatic nitrogens is 2. The molecule has 5 heteroatoms. The standard InChI is InChI=1S/C29H36NO2.C16H18N.Ir/c1-17-16-30-22(14-18(17)15-29(2,3)4)19-9-7-10-21-27-25(32-28(19)21)13-12-24-26(27)20-8-5-6-11-23(20)31-24;1-16(2,3)11-13-9-10-15(17-12-13)14-7-5-4-6-8-14;/h7,10,14,16,20,23-27H,5-6,8,11-13,15H2,1-4H3;4-7,9-10,12H,11H2,1-3H3;/q2*-1;/t20-,23+,24-,25?,26-,27+;;/m1../s1/i1D3,15D2;11D2;. The molecule has 267 valence electrons. The summed E-state index contributed by atoms with van der Waals surface area (Å²) in [6, 6.07) is 23.4. The molecule has 4 nitrogen and oxygen atoms in total. The van der Waals surface area contributed by atoms with Crippen molar-refractivity contribution in [2.24, 2.45) is 22.7 Å². The average molecular weight is 854 g/mol. The van der Waals surface area contributed by atoms with Gasteiger partial charge in [-0.05, 0) is 90.5 Å². The zero-order valence-corrected chi connectivity index (χ0v) is 32.5. The van der Waals surface area contributed by atoms with Crippen LogP contribution in [-0.2, 0) is 37.6 Å². The van der Waals surface area contributed by atoms with Gasteiger partial charge >= 0.3 is 0 Å². The Balaban J connectivity index is 0.000000233. The minimum atomic E-state index is -2.47. The summed E-state index contributed by atoms with van der Waals surface area (Å²) < 4.78 is 71.5. The summed E-state index contributed by atoms with van der Waals surface area (Å²) in [5, 5.41) is 0. The first-order valence-electron chi connectivity index (χ1n) is 21.5. The van der Waals surface area contributed by atoms with Crippen LogP contribution in [0, 0.1) is 41.7 Å². The van der Waals surface area contributed by atoms with E-state index < -0.39 is 30.4 Å². The van der Waals surface area contributed by atoms with Crippen molar-refractivity contribution in [2.75, 3.05) is 0 Å². The Kier molecular flexibility index (Phi) is 8.62. The van der Waals surface area contributed by atoms with E-state index in [2.05, 4.69) is 28.2 Å². The first-order valence-corrected chi connectivity index (χ1v) is 18.0. The van der Waals surface area contributed by atoms with Crippen LogP contribution < -0.4 is 4.74 Å². The maximum atomic E-state index is 8.88. The third kappa shape index (κ3) is 8.11. The second-order valence-corrected chi connectivity index (χ2v) is 16.2. The summed E-state index contributed by atoms with van der Waals surface area (Å²) in [6.07, 6.45) is 7.29. The van der Waals surface area contributed by atoms with Crippen molar-refractivity contribution < 1.29 is 39.2 Å². The number of benzene rings is 2. The van der Waals surface area contributed by atoms with E-state index in [-0.39, 0.29) is 43.3 Å². The molecule has 4 aliphatic rings. The summed E-state index contributed by atoms with van der Waals surface area (Å²) in [6.45, 7) is 8.57. The molecule has 4 heterocycles. The van der Waals surface area contributed by atoms with Crippen LogP contribution in [0.3, 0.4) is 0 Å². The van der Waals surface area contributed by atoms with Gasteiger partial charge in [-0.3, -0.25) is 0 Å². The summed E-state index contributed by atoms with van der Waals surface area (Å²) >= 11 is 0. The number of pyridine rings is 2. The normalized spacial score (nSPS) is 28.0. The molecule has 4 aromatic rings. The van der Waals surface area contributed by atoms with Crippen molar-refractivity contribution >= 4 is 0 Å². The molecule has 2 aromatic carbocycles. The summed E-state index contributed by atoms with van der Waals surface area (Å²) in [7, 11) is 0. The van der Waals surface area contributed by atoms with Gasteiger partial charge < -0.3 is 19.4 Å². The van der Waals surface area contributed by atoms with E-state index in [1.807, 2.05) is 63.2 Å². The van der Waals surface area contributed by atoms with Crippen molar-refractivity contribution in [1.29, 1.82) is 0 Å². The Morgan fingerprint density at radius 3 is 2.32 bits per heavy atom. The summed E-state index contributed by atoms with van der Waals surface area (Å²) in [5.74, 6) is 2.08. The fourth-order valence-electron chi connectivity index (χ4n) is 8.32. The fourth-order valence-corrected chi connectivity index (χ4v) is 8.32. The minimum Gasteiger partial charge on any atom is -0.533 e. The Morgan fingerprint density at radius 1 is 0.820 bits per heavy atom. The van der Waals surface area contributed by atoms with E-state index in [0.29, 0.717) is 40.9 Å². The molecule has 2 aromatic heterocycles. The maximum absolute atomic E-state index is 8.88. The fraction of sp³-hybridized carbons (Fsp3) is 0.511. The molecule has 3 fully saturated rings. The number of aryl methyl sites for hydroxylation is 1. The van der Waals surface area contributed by atoms with Crippen molar-refractivity contribution in [1.82, 2.24) is 9.97 Å². The maximum Gasteiger partial charge on any atom is 0.0920 e. The molecule has 8 rings (SSSR count). The third-order valence-corrected chi connectivity index (χ3v) is 10.1. The van der Waals surface area contributed by atoms with Gasteiger partial charge in [0.05, 0.1) is 18.3 Å². The minimum absolute atomic E-state index is 0. The number of nitrogens with zero attached hydrogens (tertiary/aromatic N) is 2. The van der Waals surface area contributed by atoms with Gasteiger partial charge in [-0.2, -0.15) is 0 Å². The van der Waals surface area contributed by atoms with E-state index in [9.17, 15) is 0 Å². The Hall–Kier alpha value is -2.85. The second kappa shape index (κ2) is 15.0. The van der Waals surface area contributed by atoms with E-state index in [1.165, 1.54) is 31.0 Å². The Labute approximate surface area is 324 Å². The van der Waals surface area contributed by atoms with Gasteiger partial charge in [0.15, 0.2) is 0 Å². The molecule has 0 N–H and O–H groups in total. The molecule has 2 aliphatic carbocycles. The van der Waals surface area contributed by atoms with Crippen molar-refractivity contribution in [3.8, 4) is 28.3 Å². The van der Waals surface area contributed by atoms with Gasteiger partial charge in [-0.15, -0.1) is 54.1 Å². The first-order chi connectivity index (χ1) is 26.2. The topological polar surface area (TPSA) is 44.2 Å². The molecule has 0 spiro atoms. The third-order valence-electron chi connectivity index (χ3n) is 10.1. The zero-order valence-electron chi connectivity index (χ0n) is 37.1. The van der Waals surface area contributed by atoms with Gasteiger partial charge in [-0.25, -0.2) is 0 Å². The Bertz CT molecular complexity index is 2030. The molecule has 0 amide bonds. The molecular weight excluding hydrogens is 793 g/mol. The predicted octanol–water partition coefficient (Wildman–Crippen LogP) is 10.8. The number of rotatable bonds is 4. The molecule has 1 saturated heterocycles. The van der Waals surface area contributed by atoms with Crippen LogP contribution in [0.2, 0.25) is 0 Å². The van der Waals surface area contributed by atoms with Crippen LogP contribution in [0.1, 0.15) is 118 Å². The molecule has 1 unspecified atom stereocenters. The molecule has 50 heavy (non-hydrogen) atoms. The number of ether oxygens (including phenoxy) is 2. The number of hydrogen-bond acceptors (Lipinski definition) is 4. The quantitative estimate of drug-likeness (QED) is 0.192. The van der Waals surface area contributed by atoms with Gasteiger partial charge in [0, 0.05) is 53.8 Å². The molecule has 2 saturated carbocycles. The summed E-state index contributed by atoms with van der Waals surface area (Å²) in [5.41, 5.74) is 3.53. The van der Waals surface area contributed by atoms with Crippen molar-refractivity contribution in [2.45, 2.75) is 124 Å². The number of hydrogen-bond donors (Lipinski definition) is 0. The zero-order chi connectivity index (χ0) is 40.4. The first kappa shape index (κ1) is 28.7. The van der Waals surface area contributed by atoms with E-state index in [4.69, 9.17) is 19.1 Å². The van der Waals surface area contributed by atoms with Crippen LogP contribution in [0.5, 0.6) is 5.75 Å². The number of fused-ring (bicyclic) bond motifs is 7. The van der Waals surface area contributed by atoms with Gasteiger partial charge in [0.1, 0.15) is 0 Å². The van der Waals surface area contributed by atoms with Crippen molar-refractivity contribution in [3.05, 3.63) is 101 Å². The molecule has 1 radical (unpaired) electrons. The molecular formula is C45H54IrN2O2-2. The second-order valence-electron chi connectivity index (χ2n) is 16.2. The molecule has 2 aliphatic heterocycles. The Morgan fingerprint density at radius 2 is 1.60 bits per heavy atom. The van der Waals surface area contributed by atoms with Crippen molar-refractivity contribution in [3.63, 3.8) is 0 Å². The van der Waals surface area contributed by atoms with Gasteiger partial charge in [0.25, 0.3) is 0 Å². The van der Waals surface area contributed by atoms with Gasteiger partial charge in [0.2, 0.25) is 0 Å². The monoisotopic (exact) mass is 854 g/mol. The SMILES string of the molecule is [2H]C([2H])([2H])c1cnc(-c2[c-]ccc3c2OC2CC[C@H]4O[C@H]5CCCC[C@H]5[C@H]4[C@@H]32)cc1C([2H])([2H])C(C)(C)C.[2H]C([2H])(c1ccc(-c2[c-]cccc2)nc1)C(C)(C)C.[Ir]. The van der Waals surface area contributed by atoms with Crippen LogP contribution in [0.15, 0.2) is 67.0 Å². The van der Waals surface area contributed by atoms with Crippen LogP contribution >= 0.6 is 0 Å². The van der Waals surface area contributed by atoms with E-state index in [1.54, 1.807) is 33.0 Å².